The number of rotatable bonds is 4. The van der Waals surface area contributed by atoms with Gasteiger partial charge in [-0.25, -0.2) is 13.4 Å². The lowest BCUT2D eigenvalue weighted by Crippen LogP contribution is -2.30. The highest BCUT2D eigenvalue weighted by molar-refractivity contribution is 7.91. The monoisotopic (exact) mass is 485 g/mol. The van der Waals surface area contributed by atoms with Crippen LogP contribution in [-0.2, 0) is 16.4 Å². The number of sulfone groups is 1. The van der Waals surface area contributed by atoms with Crippen molar-refractivity contribution in [2.24, 2.45) is 0 Å². The number of hydrogen-bond donors (Lipinski definition) is 1. The fourth-order valence-corrected chi connectivity index (χ4v) is 5.58. The molecule has 176 valence electrons. The molecule has 35 heavy (non-hydrogen) atoms. The first-order valence-corrected chi connectivity index (χ1v) is 12.5. The summed E-state index contributed by atoms with van der Waals surface area (Å²) in [5.41, 5.74) is 3.38. The van der Waals surface area contributed by atoms with E-state index in [1.165, 1.54) is 21.1 Å². The molecule has 0 aliphatic heterocycles. The van der Waals surface area contributed by atoms with Crippen LogP contribution in [0.25, 0.3) is 16.7 Å². The fraction of sp³-hybridized carbons (Fsp3) is 0.154. The molecule has 0 spiro atoms. The summed E-state index contributed by atoms with van der Waals surface area (Å²) >= 11 is 0. The molecule has 4 heterocycles. The summed E-state index contributed by atoms with van der Waals surface area (Å²) in [5.74, 6) is 0. The first-order valence-electron chi connectivity index (χ1n) is 11.0. The number of nitrogens with one attached hydrogen (secondary N) is 1. The molecule has 5 rings (SSSR count). The molecular formula is C26H23N5O3S. The lowest BCUT2D eigenvalue weighted by Gasteiger charge is -2.16. The maximum absolute atomic E-state index is 13.7. The van der Waals surface area contributed by atoms with Crippen molar-refractivity contribution in [3.8, 4) is 0 Å². The Hall–Kier alpha value is -4.11. The molecule has 0 bridgehead atoms. The van der Waals surface area contributed by atoms with E-state index in [4.69, 9.17) is 10.4 Å². The van der Waals surface area contributed by atoms with Gasteiger partial charge < -0.3 is 4.57 Å². The molecule has 0 aliphatic carbocycles. The second kappa shape index (κ2) is 8.28. The summed E-state index contributed by atoms with van der Waals surface area (Å²) in [6.07, 6.45) is 4.88. The van der Waals surface area contributed by atoms with Gasteiger partial charge in [-0.05, 0) is 73.4 Å². The minimum absolute atomic E-state index is 0.0751. The minimum atomic E-state index is -4.09. The summed E-state index contributed by atoms with van der Waals surface area (Å²) in [6, 6.07) is 13.3. The van der Waals surface area contributed by atoms with Gasteiger partial charge in [-0.2, -0.15) is 0 Å². The van der Waals surface area contributed by atoms with Crippen LogP contribution in [0, 0.1) is 26.2 Å². The van der Waals surface area contributed by atoms with E-state index >= 15 is 0 Å². The molecule has 0 saturated carbocycles. The van der Waals surface area contributed by atoms with Crippen LogP contribution in [0.5, 0.6) is 0 Å². The van der Waals surface area contributed by atoms with Gasteiger partial charge >= 0.3 is 0 Å². The van der Waals surface area contributed by atoms with E-state index in [1.807, 2.05) is 32.9 Å². The van der Waals surface area contributed by atoms with Crippen molar-refractivity contribution in [2.75, 3.05) is 0 Å². The van der Waals surface area contributed by atoms with Crippen LogP contribution in [0.4, 0.5) is 0 Å². The number of benzene rings is 1. The van der Waals surface area contributed by atoms with Gasteiger partial charge in [0.1, 0.15) is 21.7 Å². The molecule has 9 heteroatoms. The van der Waals surface area contributed by atoms with Gasteiger partial charge in [0.15, 0.2) is 0 Å². The highest BCUT2D eigenvalue weighted by Crippen LogP contribution is 2.23. The van der Waals surface area contributed by atoms with Crippen LogP contribution in [0.1, 0.15) is 22.3 Å². The summed E-state index contributed by atoms with van der Waals surface area (Å²) in [6.45, 7) is 5.72. The molecule has 0 unspecified atom stereocenters. The molecule has 0 aliphatic rings. The maximum Gasteiger partial charge on any atom is 0.267 e. The van der Waals surface area contributed by atoms with E-state index in [9.17, 15) is 13.2 Å². The predicted octanol–water partition coefficient (Wildman–Crippen LogP) is 3.33. The van der Waals surface area contributed by atoms with Gasteiger partial charge in [0, 0.05) is 18.6 Å². The summed E-state index contributed by atoms with van der Waals surface area (Å²) in [7, 11) is -4.09. The molecule has 5 aromatic rings. The number of fused-ring (bicyclic) bond motifs is 2. The Labute approximate surface area is 201 Å². The molecule has 0 saturated heterocycles. The Balaban J connectivity index is 1.89. The maximum atomic E-state index is 13.7. The van der Waals surface area contributed by atoms with Gasteiger partial charge in [0.25, 0.3) is 5.56 Å². The summed E-state index contributed by atoms with van der Waals surface area (Å²) < 4.78 is 30.3. The first-order chi connectivity index (χ1) is 16.7. The average Bonchev–Trinajstić information content (AvgIpc) is 2.84. The Morgan fingerprint density at radius 2 is 1.74 bits per heavy atom. The first kappa shape index (κ1) is 22.7. The largest absolute Gasteiger partial charge is 0.305 e. The summed E-state index contributed by atoms with van der Waals surface area (Å²) in [4.78, 5) is 22.2. The van der Waals surface area contributed by atoms with Crippen LogP contribution in [0.15, 0.2) is 81.7 Å². The molecular weight excluding hydrogens is 462 g/mol. The van der Waals surface area contributed by atoms with Gasteiger partial charge in [-0.1, -0.05) is 18.2 Å². The topological polar surface area (TPSA) is 110 Å². The van der Waals surface area contributed by atoms with Crippen molar-refractivity contribution in [1.29, 1.82) is 5.41 Å². The lowest BCUT2D eigenvalue weighted by atomic mass is 10.1. The summed E-state index contributed by atoms with van der Waals surface area (Å²) in [5, 5.41) is 9.05. The third-order valence-electron chi connectivity index (χ3n) is 6.24. The zero-order valence-corrected chi connectivity index (χ0v) is 20.3. The van der Waals surface area contributed by atoms with Crippen LogP contribution < -0.4 is 11.0 Å². The van der Waals surface area contributed by atoms with E-state index in [0.29, 0.717) is 5.65 Å². The third-order valence-corrected chi connectivity index (χ3v) is 8.01. The molecule has 0 fully saturated rings. The van der Waals surface area contributed by atoms with Gasteiger partial charge in [0.2, 0.25) is 9.84 Å². The normalized spacial score (nSPS) is 11.9. The van der Waals surface area contributed by atoms with E-state index in [1.54, 1.807) is 42.9 Å². The quantitative estimate of drug-likeness (QED) is 0.393. The van der Waals surface area contributed by atoms with Crippen LogP contribution in [0.2, 0.25) is 0 Å². The Morgan fingerprint density at radius 3 is 2.46 bits per heavy atom. The van der Waals surface area contributed by atoms with Gasteiger partial charge in [-0.15, -0.1) is 0 Å². The van der Waals surface area contributed by atoms with E-state index in [-0.39, 0.29) is 32.9 Å². The van der Waals surface area contributed by atoms with Crippen LogP contribution >= 0.6 is 0 Å². The molecule has 1 N–H and O–H groups in total. The van der Waals surface area contributed by atoms with Crippen molar-refractivity contribution in [1.82, 2.24) is 18.9 Å². The second-order valence-electron chi connectivity index (χ2n) is 8.59. The number of aryl methyl sites for hydroxylation is 3. The third kappa shape index (κ3) is 3.74. The van der Waals surface area contributed by atoms with Crippen LogP contribution in [0.3, 0.4) is 0 Å². The van der Waals surface area contributed by atoms with E-state index in [0.717, 1.165) is 22.3 Å². The Kier molecular flexibility index (Phi) is 5.36. The number of pyridine rings is 3. The van der Waals surface area contributed by atoms with Crippen molar-refractivity contribution in [3.63, 3.8) is 0 Å². The number of aromatic nitrogens is 4. The van der Waals surface area contributed by atoms with Crippen molar-refractivity contribution in [3.05, 3.63) is 105 Å². The van der Waals surface area contributed by atoms with Gasteiger partial charge in [0.05, 0.1) is 16.8 Å². The Bertz CT molecular complexity index is 1860. The fourth-order valence-electron chi connectivity index (χ4n) is 4.11. The second-order valence-corrected chi connectivity index (χ2v) is 10.5. The molecule has 1 aromatic carbocycles. The SMILES string of the molecule is Cc1ccc(S(=O)(=O)c2cc3c(=O)n4cccc(C)c4nc3n(Cc3cccnc3)c2=N)cc1C. The van der Waals surface area contributed by atoms with E-state index < -0.39 is 15.4 Å². The minimum Gasteiger partial charge on any atom is -0.305 e. The number of nitrogens with zero attached hydrogens (tertiary/aromatic N) is 4. The molecule has 8 nitrogen and oxygen atoms in total. The molecule has 0 atom stereocenters. The van der Waals surface area contributed by atoms with Gasteiger partial charge in [-0.3, -0.25) is 19.6 Å². The zero-order chi connectivity index (χ0) is 24.9. The Morgan fingerprint density at radius 1 is 0.943 bits per heavy atom. The molecule has 0 amide bonds. The highest BCUT2D eigenvalue weighted by Gasteiger charge is 2.25. The molecule has 4 aromatic heterocycles. The molecule has 0 radical (unpaired) electrons. The standard InChI is InChI=1S/C26H23N5O3S/c1-16-8-9-20(12-18(16)3)35(33,34)22-13-21-25(29-24-17(2)6-5-11-30(24)26(21)32)31(23(22)27)15-19-7-4-10-28-14-19/h4-14,27H,15H2,1-3H3. The highest BCUT2D eigenvalue weighted by atomic mass is 32.2. The van der Waals surface area contributed by atoms with Crippen molar-refractivity contribution < 1.29 is 8.42 Å². The lowest BCUT2D eigenvalue weighted by molar-refractivity contribution is 0.591. The van der Waals surface area contributed by atoms with Crippen LogP contribution in [-0.4, -0.2) is 27.4 Å². The van der Waals surface area contributed by atoms with E-state index in [2.05, 4.69) is 4.98 Å². The predicted molar refractivity (Wildman–Crippen MR) is 132 cm³/mol. The van der Waals surface area contributed by atoms with Crippen molar-refractivity contribution >= 4 is 26.5 Å². The number of hydrogen-bond acceptors (Lipinski definition) is 6. The van der Waals surface area contributed by atoms with Crippen molar-refractivity contribution in [2.45, 2.75) is 37.1 Å². The average molecular weight is 486 g/mol. The zero-order valence-electron chi connectivity index (χ0n) is 19.5. The smallest absolute Gasteiger partial charge is 0.267 e.